The molecule has 0 bridgehead atoms. The Bertz CT molecular complexity index is 787. The Morgan fingerprint density at radius 3 is 2.35 bits per heavy atom. The van der Waals surface area contributed by atoms with Crippen molar-refractivity contribution in [3.8, 4) is 0 Å². The van der Waals surface area contributed by atoms with Gasteiger partial charge in [-0.1, -0.05) is 17.7 Å². The van der Waals surface area contributed by atoms with Gasteiger partial charge in [0.2, 0.25) is 0 Å². The van der Waals surface area contributed by atoms with Gasteiger partial charge in [-0.15, -0.1) is 0 Å². The number of rotatable bonds is 4. The van der Waals surface area contributed by atoms with E-state index in [1.165, 1.54) is 30.3 Å². The van der Waals surface area contributed by atoms with Gasteiger partial charge in [0.25, 0.3) is 5.91 Å². The minimum atomic E-state index is -0.664. The van der Waals surface area contributed by atoms with Crippen LogP contribution in [-0.2, 0) is 6.54 Å². The van der Waals surface area contributed by atoms with E-state index in [0.717, 1.165) is 6.07 Å². The minimum Gasteiger partial charge on any atom is -0.349 e. The summed E-state index contributed by atoms with van der Waals surface area (Å²) in [5.74, 6) is -2.27. The Hall–Kier alpha value is -2.05. The number of hydrogen-bond donors (Lipinski definition) is 1. The topological polar surface area (TPSA) is 32.3 Å². The lowest BCUT2D eigenvalue weighted by molar-refractivity contribution is 0.0904. The number of nitrogens with zero attached hydrogens (tertiary/aromatic N) is 1. The smallest absolute Gasteiger partial charge is 0.254 e. The van der Waals surface area contributed by atoms with Gasteiger partial charge >= 0.3 is 0 Å². The number of amides is 1. The Morgan fingerprint density at radius 1 is 1.08 bits per heavy atom. The third kappa shape index (κ3) is 4.37. The van der Waals surface area contributed by atoms with E-state index in [4.69, 9.17) is 11.6 Å². The van der Waals surface area contributed by atoms with Crippen LogP contribution in [0.1, 0.15) is 28.8 Å². The maximum absolute atomic E-state index is 13.8. The second-order valence-electron chi connectivity index (χ2n) is 6.35. The maximum atomic E-state index is 13.8. The van der Waals surface area contributed by atoms with Crippen molar-refractivity contribution in [3.05, 3.63) is 70.0 Å². The summed E-state index contributed by atoms with van der Waals surface area (Å²) >= 11 is 5.69. The number of hydrogen-bond acceptors (Lipinski definition) is 2. The van der Waals surface area contributed by atoms with Crippen LogP contribution in [0.15, 0.2) is 36.4 Å². The zero-order valence-electron chi connectivity index (χ0n) is 13.9. The van der Waals surface area contributed by atoms with Crippen LogP contribution < -0.4 is 5.32 Å². The normalized spacial score (nSPS) is 15.8. The molecule has 0 aliphatic carbocycles. The number of carbonyl (C=O) groups excluding carboxylic acids is 1. The van der Waals surface area contributed by atoms with Crippen LogP contribution >= 0.6 is 11.6 Å². The SMILES string of the molecule is O=C(NC1CCN(Cc2c(F)cccc2F)CC1)c1ccc(Cl)cc1F. The highest BCUT2D eigenvalue weighted by Gasteiger charge is 2.23. The van der Waals surface area contributed by atoms with Gasteiger partial charge < -0.3 is 5.32 Å². The Labute approximate surface area is 154 Å². The van der Waals surface area contributed by atoms with Crippen molar-refractivity contribution in [2.75, 3.05) is 13.1 Å². The van der Waals surface area contributed by atoms with Crippen LogP contribution in [0, 0.1) is 17.5 Å². The molecule has 1 aliphatic rings. The molecule has 3 nitrogen and oxygen atoms in total. The molecule has 7 heteroatoms. The molecule has 3 rings (SSSR count). The number of carbonyl (C=O) groups is 1. The predicted molar refractivity (Wildman–Crippen MR) is 93.5 cm³/mol. The fraction of sp³-hybridized carbons (Fsp3) is 0.316. The quantitative estimate of drug-likeness (QED) is 0.861. The van der Waals surface area contributed by atoms with Crippen LogP contribution in [0.4, 0.5) is 13.2 Å². The van der Waals surface area contributed by atoms with Gasteiger partial charge in [0.15, 0.2) is 0 Å². The second-order valence-corrected chi connectivity index (χ2v) is 6.78. The van der Waals surface area contributed by atoms with Crippen molar-refractivity contribution in [1.29, 1.82) is 0 Å². The van der Waals surface area contributed by atoms with Gasteiger partial charge in [-0.2, -0.15) is 0 Å². The molecule has 0 spiro atoms. The van der Waals surface area contributed by atoms with E-state index in [1.54, 1.807) is 0 Å². The van der Waals surface area contributed by atoms with Gasteiger partial charge in [-0.05, 0) is 43.2 Å². The van der Waals surface area contributed by atoms with Crippen molar-refractivity contribution >= 4 is 17.5 Å². The molecule has 0 radical (unpaired) electrons. The third-order valence-corrected chi connectivity index (χ3v) is 4.78. The van der Waals surface area contributed by atoms with Crippen molar-refractivity contribution < 1.29 is 18.0 Å². The molecule has 2 aromatic rings. The molecule has 0 atom stereocenters. The zero-order valence-corrected chi connectivity index (χ0v) is 14.7. The molecule has 1 amide bonds. The first kappa shape index (κ1) is 18.7. The average Bonchev–Trinajstić information content (AvgIpc) is 2.59. The molecule has 0 unspecified atom stereocenters. The molecule has 26 heavy (non-hydrogen) atoms. The predicted octanol–water partition coefficient (Wildman–Crippen LogP) is 4.15. The summed E-state index contributed by atoms with van der Waals surface area (Å²) in [6.07, 6.45) is 1.24. The zero-order chi connectivity index (χ0) is 18.7. The van der Waals surface area contributed by atoms with Crippen molar-refractivity contribution in [1.82, 2.24) is 10.2 Å². The first-order valence-electron chi connectivity index (χ1n) is 8.35. The monoisotopic (exact) mass is 382 g/mol. The number of nitrogens with one attached hydrogen (secondary N) is 1. The Balaban J connectivity index is 1.54. The summed E-state index contributed by atoms with van der Waals surface area (Å²) in [6, 6.07) is 7.62. The van der Waals surface area contributed by atoms with Gasteiger partial charge in [0.05, 0.1) is 5.56 Å². The van der Waals surface area contributed by atoms with E-state index in [1.807, 2.05) is 4.90 Å². The van der Waals surface area contributed by atoms with Crippen LogP contribution in [0.2, 0.25) is 5.02 Å². The number of halogens is 4. The molecular formula is C19H18ClF3N2O. The van der Waals surface area contributed by atoms with Crippen molar-refractivity contribution in [2.45, 2.75) is 25.4 Å². The lowest BCUT2D eigenvalue weighted by Crippen LogP contribution is -2.44. The molecule has 1 heterocycles. The summed E-state index contributed by atoms with van der Waals surface area (Å²) in [5, 5.41) is 3.04. The van der Waals surface area contributed by atoms with Gasteiger partial charge in [-0.3, -0.25) is 9.69 Å². The first-order valence-corrected chi connectivity index (χ1v) is 8.73. The second kappa shape index (κ2) is 8.10. The molecule has 2 aromatic carbocycles. The number of piperidine rings is 1. The standard InChI is InChI=1S/C19H18ClF3N2O/c20-12-4-5-14(18(23)10-12)19(26)24-13-6-8-25(9-7-13)11-15-16(21)2-1-3-17(15)22/h1-5,10,13H,6-9,11H2,(H,24,26). The van der Waals surface area contributed by atoms with Gasteiger partial charge in [-0.25, -0.2) is 13.2 Å². The van der Waals surface area contributed by atoms with E-state index in [0.29, 0.717) is 25.9 Å². The molecule has 0 saturated carbocycles. The molecule has 0 aromatic heterocycles. The molecule has 138 valence electrons. The summed E-state index contributed by atoms with van der Waals surface area (Å²) < 4.78 is 41.3. The molecule has 1 aliphatic heterocycles. The Morgan fingerprint density at radius 2 is 1.73 bits per heavy atom. The maximum Gasteiger partial charge on any atom is 0.254 e. The van der Waals surface area contributed by atoms with Crippen LogP contribution in [0.25, 0.3) is 0 Å². The molecular weight excluding hydrogens is 365 g/mol. The molecule has 1 N–H and O–H groups in total. The lowest BCUT2D eigenvalue weighted by Gasteiger charge is -2.32. The van der Waals surface area contributed by atoms with E-state index in [2.05, 4.69) is 5.32 Å². The highest BCUT2D eigenvalue weighted by molar-refractivity contribution is 6.30. The summed E-state index contributed by atoms with van der Waals surface area (Å²) in [7, 11) is 0. The molecule has 1 saturated heterocycles. The Kier molecular flexibility index (Phi) is 5.84. The third-order valence-electron chi connectivity index (χ3n) is 4.54. The first-order chi connectivity index (χ1) is 12.4. The minimum absolute atomic E-state index is 0.0507. The van der Waals surface area contributed by atoms with Crippen LogP contribution in [0.5, 0.6) is 0 Å². The van der Waals surface area contributed by atoms with Crippen molar-refractivity contribution in [3.63, 3.8) is 0 Å². The fourth-order valence-corrected chi connectivity index (χ4v) is 3.24. The highest BCUT2D eigenvalue weighted by atomic mass is 35.5. The van der Waals surface area contributed by atoms with Gasteiger partial charge in [0.1, 0.15) is 17.5 Å². The average molecular weight is 383 g/mol. The van der Waals surface area contributed by atoms with E-state index >= 15 is 0 Å². The lowest BCUT2D eigenvalue weighted by atomic mass is 10.0. The van der Waals surface area contributed by atoms with E-state index < -0.39 is 23.4 Å². The number of benzene rings is 2. The van der Waals surface area contributed by atoms with Gasteiger partial charge in [0, 0.05) is 36.3 Å². The fourth-order valence-electron chi connectivity index (χ4n) is 3.08. The summed E-state index contributed by atoms with van der Waals surface area (Å²) in [4.78, 5) is 14.1. The van der Waals surface area contributed by atoms with E-state index in [9.17, 15) is 18.0 Å². The summed E-state index contributed by atoms with van der Waals surface area (Å²) in [6.45, 7) is 1.36. The molecule has 1 fully saturated rings. The van der Waals surface area contributed by atoms with Crippen LogP contribution in [-0.4, -0.2) is 29.9 Å². The largest absolute Gasteiger partial charge is 0.349 e. The number of likely N-dealkylation sites (tertiary alicyclic amines) is 1. The highest BCUT2D eigenvalue weighted by Crippen LogP contribution is 2.19. The van der Waals surface area contributed by atoms with E-state index in [-0.39, 0.29) is 28.7 Å². The van der Waals surface area contributed by atoms with Crippen LogP contribution in [0.3, 0.4) is 0 Å². The van der Waals surface area contributed by atoms with Crippen molar-refractivity contribution in [2.24, 2.45) is 0 Å². The summed E-state index contributed by atoms with van der Waals surface area (Å²) in [5.41, 5.74) is 0.00322.